The maximum atomic E-state index is 11.9. The van der Waals surface area contributed by atoms with Gasteiger partial charge in [-0.25, -0.2) is 4.79 Å². The summed E-state index contributed by atoms with van der Waals surface area (Å²) in [6.07, 6.45) is -0.315. The van der Waals surface area contributed by atoms with Crippen molar-refractivity contribution in [3.8, 4) is 0 Å². The first-order chi connectivity index (χ1) is 10.2. The Bertz CT molecular complexity index is 393. The Labute approximate surface area is 156 Å². The number of carbonyl (C=O) groups is 1. The lowest BCUT2D eigenvalue weighted by molar-refractivity contribution is 0.0278. The van der Waals surface area contributed by atoms with E-state index in [9.17, 15) is 4.79 Å². The molecule has 0 aromatic rings. The van der Waals surface area contributed by atoms with Crippen LogP contribution in [0.2, 0.25) is 0 Å². The number of morpholine rings is 1. The SMILES string of the molecule is CC(CN=C(N)N1CCOCC1)CN(C)C(=O)OC(C)(C)C.I. The van der Waals surface area contributed by atoms with Crippen molar-refractivity contribution in [2.75, 3.05) is 46.4 Å². The third-order valence-electron chi connectivity index (χ3n) is 3.19. The maximum Gasteiger partial charge on any atom is 0.410 e. The summed E-state index contributed by atoms with van der Waals surface area (Å²) < 4.78 is 10.6. The molecule has 1 heterocycles. The van der Waals surface area contributed by atoms with Gasteiger partial charge >= 0.3 is 6.09 Å². The number of hydrogen-bond acceptors (Lipinski definition) is 4. The summed E-state index contributed by atoms with van der Waals surface area (Å²) in [5.74, 6) is 0.757. The third kappa shape index (κ3) is 9.19. The van der Waals surface area contributed by atoms with Gasteiger partial charge in [-0.3, -0.25) is 4.99 Å². The topological polar surface area (TPSA) is 80.4 Å². The molecule has 1 saturated heterocycles. The minimum atomic E-state index is -0.479. The van der Waals surface area contributed by atoms with Crippen LogP contribution in [0.3, 0.4) is 0 Å². The number of rotatable bonds is 4. The van der Waals surface area contributed by atoms with Crippen LogP contribution in [0.25, 0.3) is 0 Å². The van der Waals surface area contributed by atoms with Crippen molar-refractivity contribution in [2.45, 2.75) is 33.3 Å². The largest absolute Gasteiger partial charge is 0.444 e. The van der Waals surface area contributed by atoms with E-state index < -0.39 is 5.60 Å². The molecule has 8 heteroatoms. The molecule has 136 valence electrons. The molecule has 0 radical (unpaired) electrons. The number of halogens is 1. The zero-order valence-corrected chi connectivity index (χ0v) is 17.2. The maximum absolute atomic E-state index is 11.9. The van der Waals surface area contributed by atoms with Gasteiger partial charge in [0.05, 0.1) is 13.2 Å². The number of nitrogens with zero attached hydrogens (tertiary/aromatic N) is 3. The molecule has 2 N–H and O–H groups in total. The number of ether oxygens (including phenoxy) is 2. The summed E-state index contributed by atoms with van der Waals surface area (Å²) in [4.78, 5) is 19.9. The van der Waals surface area contributed by atoms with Crippen molar-refractivity contribution >= 4 is 36.0 Å². The van der Waals surface area contributed by atoms with Gasteiger partial charge in [-0.2, -0.15) is 0 Å². The minimum absolute atomic E-state index is 0. The molecule has 1 rings (SSSR count). The first-order valence-electron chi connectivity index (χ1n) is 7.76. The van der Waals surface area contributed by atoms with Crippen molar-refractivity contribution in [3.05, 3.63) is 0 Å². The van der Waals surface area contributed by atoms with E-state index in [1.807, 2.05) is 32.6 Å². The Morgan fingerprint density at radius 3 is 2.48 bits per heavy atom. The predicted molar refractivity (Wildman–Crippen MR) is 102 cm³/mol. The van der Waals surface area contributed by atoms with E-state index in [4.69, 9.17) is 15.2 Å². The first-order valence-corrected chi connectivity index (χ1v) is 7.76. The van der Waals surface area contributed by atoms with Gasteiger partial charge in [0.1, 0.15) is 5.60 Å². The fourth-order valence-corrected chi connectivity index (χ4v) is 2.08. The number of amides is 1. The van der Waals surface area contributed by atoms with Gasteiger partial charge in [0.2, 0.25) is 0 Å². The van der Waals surface area contributed by atoms with Crippen molar-refractivity contribution in [3.63, 3.8) is 0 Å². The van der Waals surface area contributed by atoms with E-state index in [1.165, 1.54) is 0 Å². The molecule has 1 aliphatic heterocycles. The molecule has 0 aromatic carbocycles. The Morgan fingerprint density at radius 2 is 1.96 bits per heavy atom. The number of carbonyl (C=O) groups excluding carboxylic acids is 1. The highest BCUT2D eigenvalue weighted by molar-refractivity contribution is 14.0. The number of guanidine groups is 1. The van der Waals surface area contributed by atoms with Crippen LogP contribution in [0.5, 0.6) is 0 Å². The Balaban J connectivity index is 0.00000484. The van der Waals surface area contributed by atoms with Crippen LogP contribution in [-0.2, 0) is 9.47 Å². The lowest BCUT2D eigenvalue weighted by atomic mass is 10.2. The molecule has 1 aliphatic rings. The van der Waals surface area contributed by atoms with Crippen molar-refractivity contribution in [1.82, 2.24) is 9.80 Å². The van der Waals surface area contributed by atoms with E-state index in [2.05, 4.69) is 4.99 Å². The Hall–Kier alpha value is -0.770. The molecular weight excluding hydrogens is 411 g/mol. The number of hydrogen-bond donors (Lipinski definition) is 1. The van der Waals surface area contributed by atoms with Crippen LogP contribution in [0.15, 0.2) is 4.99 Å². The van der Waals surface area contributed by atoms with Crippen LogP contribution >= 0.6 is 24.0 Å². The van der Waals surface area contributed by atoms with Gasteiger partial charge < -0.3 is 25.0 Å². The highest BCUT2D eigenvalue weighted by Crippen LogP contribution is 2.10. The normalized spacial score (nSPS) is 17.3. The zero-order chi connectivity index (χ0) is 16.8. The molecular formula is C15H31IN4O3. The highest BCUT2D eigenvalue weighted by atomic mass is 127. The van der Waals surface area contributed by atoms with Gasteiger partial charge in [-0.05, 0) is 26.7 Å². The molecule has 0 saturated carbocycles. The molecule has 0 bridgehead atoms. The fraction of sp³-hybridized carbons (Fsp3) is 0.867. The molecule has 7 nitrogen and oxygen atoms in total. The van der Waals surface area contributed by atoms with Crippen molar-refractivity contribution in [1.29, 1.82) is 0 Å². The second-order valence-electron chi connectivity index (χ2n) is 6.76. The quantitative estimate of drug-likeness (QED) is 0.408. The molecule has 1 amide bonds. The Morgan fingerprint density at radius 1 is 1.39 bits per heavy atom. The molecule has 1 unspecified atom stereocenters. The van der Waals surface area contributed by atoms with Crippen LogP contribution < -0.4 is 5.73 Å². The van der Waals surface area contributed by atoms with E-state index in [-0.39, 0.29) is 36.0 Å². The second kappa shape index (κ2) is 10.2. The number of aliphatic imine (C=N–C) groups is 1. The van der Waals surface area contributed by atoms with E-state index in [0.29, 0.717) is 32.3 Å². The summed E-state index contributed by atoms with van der Waals surface area (Å²) in [5, 5.41) is 0. The molecule has 0 spiro atoms. The van der Waals surface area contributed by atoms with Crippen LogP contribution in [0.1, 0.15) is 27.7 Å². The first kappa shape index (κ1) is 22.2. The summed E-state index contributed by atoms with van der Waals surface area (Å²) in [7, 11) is 1.74. The van der Waals surface area contributed by atoms with Crippen molar-refractivity contribution in [2.24, 2.45) is 16.6 Å². The van der Waals surface area contributed by atoms with Crippen molar-refractivity contribution < 1.29 is 14.3 Å². The average Bonchev–Trinajstić information content (AvgIpc) is 2.43. The molecule has 1 atom stereocenters. The minimum Gasteiger partial charge on any atom is -0.444 e. The van der Waals surface area contributed by atoms with E-state index in [0.717, 1.165) is 13.1 Å². The summed E-state index contributed by atoms with van der Waals surface area (Å²) in [5.41, 5.74) is 5.51. The van der Waals surface area contributed by atoms with Gasteiger partial charge in [0.15, 0.2) is 5.96 Å². The fourth-order valence-electron chi connectivity index (χ4n) is 2.08. The lowest BCUT2D eigenvalue weighted by Crippen LogP contribution is -2.45. The van der Waals surface area contributed by atoms with Gasteiger partial charge in [0, 0.05) is 33.2 Å². The standard InChI is InChI=1S/C15H30N4O3.HI/c1-12(11-18(5)14(20)22-15(2,3)4)10-17-13(16)19-6-8-21-9-7-19;/h12H,6-11H2,1-5H3,(H2,16,17);1H. The van der Waals surface area contributed by atoms with Crippen LogP contribution in [0, 0.1) is 5.92 Å². The smallest absolute Gasteiger partial charge is 0.410 e. The molecule has 0 aromatic heterocycles. The van der Waals surface area contributed by atoms with E-state index >= 15 is 0 Å². The second-order valence-corrected chi connectivity index (χ2v) is 6.76. The average molecular weight is 442 g/mol. The third-order valence-corrected chi connectivity index (χ3v) is 3.19. The number of nitrogens with two attached hydrogens (primary N) is 1. The predicted octanol–water partition coefficient (Wildman–Crippen LogP) is 1.75. The zero-order valence-electron chi connectivity index (χ0n) is 14.9. The molecule has 0 aliphatic carbocycles. The molecule has 1 fully saturated rings. The van der Waals surface area contributed by atoms with Gasteiger partial charge in [-0.1, -0.05) is 6.92 Å². The van der Waals surface area contributed by atoms with Crippen LogP contribution in [0.4, 0.5) is 4.79 Å². The summed E-state index contributed by atoms with van der Waals surface area (Å²) >= 11 is 0. The monoisotopic (exact) mass is 442 g/mol. The van der Waals surface area contributed by atoms with Gasteiger partial charge in [0.25, 0.3) is 0 Å². The highest BCUT2D eigenvalue weighted by Gasteiger charge is 2.20. The summed E-state index contributed by atoms with van der Waals surface area (Å²) in [6, 6.07) is 0. The van der Waals surface area contributed by atoms with Gasteiger partial charge in [-0.15, -0.1) is 24.0 Å². The summed E-state index contributed by atoms with van der Waals surface area (Å²) in [6.45, 7) is 11.7. The van der Waals surface area contributed by atoms with Crippen LogP contribution in [-0.4, -0.2) is 73.9 Å². The Kier molecular flexibility index (Phi) is 9.83. The lowest BCUT2D eigenvalue weighted by Gasteiger charge is -2.28. The van der Waals surface area contributed by atoms with E-state index in [1.54, 1.807) is 11.9 Å². The molecule has 23 heavy (non-hydrogen) atoms.